The van der Waals surface area contributed by atoms with Crippen molar-refractivity contribution in [1.29, 1.82) is 0 Å². The molecule has 2 atom stereocenters. The summed E-state index contributed by atoms with van der Waals surface area (Å²) in [5, 5.41) is 0. The number of rotatable bonds is 3. The third kappa shape index (κ3) is 1.57. The van der Waals surface area contributed by atoms with Gasteiger partial charge in [-0.2, -0.15) is 0 Å². The summed E-state index contributed by atoms with van der Waals surface area (Å²) in [5.74, 6) is 2.05. The molecule has 1 aliphatic carbocycles. The van der Waals surface area contributed by atoms with Crippen LogP contribution in [0.15, 0.2) is 18.2 Å². The molecule has 82 valence electrons. The summed E-state index contributed by atoms with van der Waals surface area (Å²) in [6.07, 6.45) is 1.04. The first-order valence-corrected chi connectivity index (χ1v) is 5.13. The van der Waals surface area contributed by atoms with Gasteiger partial charge in [0.25, 0.3) is 0 Å². The zero-order valence-corrected chi connectivity index (χ0v) is 9.41. The molecule has 0 spiro atoms. The molecule has 0 aromatic heterocycles. The van der Waals surface area contributed by atoms with Crippen molar-refractivity contribution >= 4 is 0 Å². The van der Waals surface area contributed by atoms with Crippen molar-refractivity contribution in [2.45, 2.75) is 18.9 Å². The molecule has 0 amide bonds. The molecule has 0 radical (unpaired) electrons. The van der Waals surface area contributed by atoms with Crippen molar-refractivity contribution in [3.8, 4) is 11.5 Å². The fourth-order valence-corrected chi connectivity index (χ4v) is 1.98. The van der Waals surface area contributed by atoms with E-state index < -0.39 is 0 Å². The Bertz CT molecular complexity index is 378. The molecule has 1 aromatic rings. The minimum atomic E-state index is -0.153. The van der Waals surface area contributed by atoms with Crippen molar-refractivity contribution in [3.05, 3.63) is 23.8 Å². The Morgan fingerprint density at radius 3 is 2.33 bits per heavy atom. The van der Waals surface area contributed by atoms with E-state index in [9.17, 15) is 0 Å². The van der Waals surface area contributed by atoms with E-state index in [0.29, 0.717) is 5.92 Å². The first-order chi connectivity index (χ1) is 7.11. The number of hydrogen-bond acceptors (Lipinski definition) is 3. The Balaban J connectivity index is 2.36. The van der Waals surface area contributed by atoms with E-state index in [1.165, 1.54) is 0 Å². The maximum Gasteiger partial charge on any atom is 0.161 e. The van der Waals surface area contributed by atoms with Crippen molar-refractivity contribution in [2.75, 3.05) is 14.2 Å². The molecule has 1 aromatic carbocycles. The molecule has 3 heteroatoms. The summed E-state index contributed by atoms with van der Waals surface area (Å²) in [6, 6.07) is 5.90. The van der Waals surface area contributed by atoms with Gasteiger partial charge in [-0.15, -0.1) is 0 Å². The molecule has 2 rings (SSSR count). The van der Waals surface area contributed by atoms with Crippen LogP contribution in [0.2, 0.25) is 0 Å². The van der Waals surface area contributed by atoms with Crippen molar-refractivity contribution in [1.82, 2.24) is 0 Å². The Morgan fingerprint density at radius 2 is 1.87 bits per heavy atom. The van der Waals surface area contributed by atoms with Crippen LogP contribution in [0.5, 0.6) is 11.5 Å². The van der Waals surface area contributed by atoms with E-state index in [1.807, 2.05) is 18.2 Å². The zero-order chi connectivity index (χ0) is 11.1. The summed E-state index contributed by atoms with van der Waals surface area (Å²) in [6.45, 7) is 2.16. The predicted molar refractivity (Wildman–Crippen MR) is 59.2 cm³/mol. The molecule has 2 unspecified atom stereocenters. The average Bonchev–Trinajstić information content (AvgIpc) is 2.87. The highest BCUT2D eigenvalue weighted by molar-refractivity contribution is 5.46. The van der Waals surface area contributed by atoms with Gasteiger partial charge < -0.3 is 15.2 Å². The predicted octanol–water partition coefficient (Wildman–Crippen LogP) is 1.90. The van der Waals surface area contributed by atoms with Gasteiger partial charge in [0.1, 0.15) is 0 Å². The highest BCUT2D eigenvalue weighted by atomic mass is 16.5. The highest BCUT2D eigenvalue weighted by Gasteiger charge is 2.49. The van der Waals surface area contributed by atoms with E-state index >= 15 is 0 Å². The van der Waals surface area contributed by atoms with E-state index in [1.54, 1.807) is 14.2 Å². The summed E-state index contributed by atoms with van der Waals surface area (Å²) < 4.78 is 10.4. The fraction of sp³-hybridized carbons (Fsp3) is 0.500. The second-order valence-electron chi connectivity index (χ2n) is 4.22. The lowest BCUT2D eigenvalue weighted by Crippen LogP contribution is -2.21. The van der Waals surface area contributed by atoms with Gasteiger partial charge in [-0.05, 0) is 30.0 Å². The minimum Gasteiger partial charge on any atom is -0.493 e. The van der Waals surface area contributed by atoms with Crippen LogP contribution in [0.4, 0.5) is 0 Å². The third-order valence-electron chi connectivity index (χ3n) is 3.28. The van der Waals surface area contributed by atoms with Crippen molar-refractivity contribution in [3.63, 3.8) is 0 Å². The molecule has 15 heavy (non-hydrogen) atoms. The molecular weight excluding hydrogens is 190 g/mol. The molecule has 3 nitrogen and oxygen atoms in total. The van der Waals surface area contributed by atoms with Gasteiger partial charge in [0, 0.05) is 5.54 Å². The van der Waals surface area contributed by atoms with Crippen LogP contribution in [0.3, 0.4) is 0 Å². The lowest BCUT2D eigenvalue weighted by Gasteiger charge is -2.14. The summed E-state index contributed by atoms with van der Waals surface area (Å²) in [5.41, 5.74) is 7.21. The Kier molecular flexibility index (Phi) is 2.35. The Morgan fingerprint density at radius 1 is 1.27 bits per heavy atom. The van der Waals surface area contributed by atoms with Crippen LogP contribution in [0, 0.1) is 5.92 Å². The van der Waals surface area contributed by atoms with Gasteiger partial charge in [0.05, 0.1) is 14.2 Å². The molecule has 0 bridgehead atoms. The average molecular weight is 207 g/mol. The summed E-state index contributed by atoms with van der Waals surface area (Å²) in [7, 11) is 3.27. The summed E-state index contributed by atoms with van der Waals surface area (Å²) >= 11 is 0. The molecule has 0 saturated heterocycles. The minimum absolute atomic E-state index is 0.153. The van der Waals surface area contributed by atoms with E-state index in [4.69, 9.17) is 15.2 Å². The van der Waals surface area contributed by atoms with Gasteiger partial charge in [-0.3, -0.25) is 0 Å². The maximum atomic E-state index is 6.23. The molecular formula is C12H17NO2. The second kappa shape index (κ2) is 3.42. The van der Waals surface area contributed by atoms with Crippen LogP contribution >= 0.6 is 0 Å². The van der Waals surface area contributed by atoms with Gasteiger partial charge in [-0.25, -0.2) is 0 Å². The Hall–Kier alpha value is -1.22. The van der Waals surface area contributed by atoms with Gasteiger partial charge >= 0.3 is 0 Å². The monoisotopic (exact) mass is 207 g/mol. The lowest BCUT2D eigenvalue weighted by atomic mass is 10.0. The van der Waals surface area contributed by atoms with E-state index in [-0.39, 0.29) is 5.54 Å². The molecule has 2 N–H and O–H groups in total. The normalized spacial score (nSPS) is 28.7. The summed E-state index contributed by atoms with van der Waals surface area (Å²) in [4.78, 5) is 0. The fourth-order valence-electron chi connectivity index (χ4n) is 1.98. The highest BCUT2D eigenvalue weighted by Crippen LogP contribution is 2.50. The molecule has 0 aliphatic heterocycles. The number of ether oxygens (including phenoxy) is 2. The SMILES string of the molecule is COc1ccc(C2(N)CC2C)cc1OC. The van der Waals surface area contributed by atoms with Gasteiger partial charge in [0.2, 0.25) is 0 Å². The lowest BCUT2D eigenvalue weighted by molar-refractivity contribution is 0.354. The Labute approximate surface area is 90.2 Å². The van der Waals surface area contributed by atoms with Gasteiger partial charge in [0.15, 0.2) is 11.5 Å². The number of hydrogen-bond donors (Lipinski definition) is 1. The quantitative estimate of drug-likeness (QED) is 0.823. The van der Waals surface area contributed by atoms with Crippen LogP contribution in [0.25, 0.3) is 0 Å². The van der Waals surface area contributed by atoms with E-state index in [2.05, 4.69) is 6.92 Å². The van der Waals surface area contributed by atoms with E-state index in [0.717, 1.165) is 23.5 Å². The first-order valence-electron chi connectivity index (χ1n) is 5.13. The van der Waals surface area contributed by atoms with Crippen LogP contribution < -0.4 is 15.2 Å². The topological polar surface area (TPSA) is 44.5 Å². The maximum absolute atomic E-state index is 6.23. The van der Waals surface area contributed by atoms with Crippen LogP contribution in [-0.2, 0) is 5.54 Å². The largest absolute Gasteiger partial charge is 0.493 e. The zero-order valence-electron chi connectivity index (χ0n) is 9.41. The molecule has 1 fully saturated rings. The van der Waals surface area contributed by atoms with Crippen LogP contribution in [0.1, 0.15) is 18.9 Å². The van der Waals surface area contributed by atoms with Gasteiger partial charge in [-0.1, -0.05) is 13.0 Å². The third-order valence-corrected chi connectivity index (χ3v) is 3.28. The van der Waals surface area contributed by atoms with Crippen molar-refractivity contribution in [2.24, 2.45) is 11.7 Å². The van der Waals surface area contributed by atoms with Crippen molar-refractivity contribution < 1.29 is 9.47 Å². The molecule has 1 aliphatic rings. The standard InChI is InChI=1S/C12H17NO2/c1-8-7-12(8,13)9-4-5-10(14-2)11(6-9)15-3/h4-6,8H,7,13H2,1-3H3. The molecule has 0 heterocycles. The second-order valence-corrected chi connectivity index (χ2v) is 4.22. The number of benzene rings is 1. The smallest absolute Gasteiger partial charge is 0.161 e. The first kappa shape index (κ1) is 10.3. The number of methoxy groups -OCH3 is 2. The molecule has 1 saturated carbocycles. The van der Waals surface area contributed by atoms with Crippen LogP contribution in [-0.4, -0.2) is 14.2 Å². The number of nitrogens with two attached hydrogens (primary N) is 1.